The van der Waals surface area contributed by atoms with Gasteiger partial charge < -0.3 is 10.2 Å². The first kappa shape index (κ1) is 17.3. The summed E-state index contributed by atoms with van der Waals surface area (Å²) < 4.78 is 26.1. The molecule has 1 aromatic rings. The Hall–Kier alpha value is -2.02. The number of rotatable bonds is 6. The van der Waals surface area contributed by atoms with E-state index in [0.717, 1.165) is 5.56 Å². The standard InChI is InChI=1S/C16H21F2N3O2/c1-2-21(10-12-6-4-3-5-7-12)14(22)9-19-15(23)13-8-16(17,18)11-20-13/h3-7,13,20H,2,8-11H2,1H3,(H,19,23). The first-order valence-electron chi connectivity index (χ1n) is 7.62. The van der Waals surface area contributed by atoms with Crippen LogP contribution in [0.15, 0.2) is 30.3 Å². The lowest BCUT2D eigenvalue weighted by Gasteiger charge is -2.21. The minimum Gasteiger partial charge on any atom is -0.346 e. The van der Waals surface area contributed by atoms with E-state index >= 15 is 0 Å². The predicted molar refractivity (Wildman–Crippen MR) is 81.9 cm³/mol. The maximum Gasteiger partial charge on any atom is 0.262 e. The molecule has 2 amide bonds. The molecular formula is C16H21F2N3O2. The van der Waals surface area contributed by atoms with Crippen molar-refractivity contribution in [1.29, 1.82) is 0 Å². The number of carbonyl (C=O) groups excluding carboxylic acids is 2. The normalized spacial score (nSPS) is 19.3. The van der Waals surface area contributed by atoms with E-state index < -0.39 is 30.8 Å². The lowest BCUT2D eigenvalue weighted by molar-refractivity contribution is -0.133. The Bertz CT molecular complexity index is 552. The summed E-state index contributed by atoms with van der Waals surface area (Å²) in [6.07, 6.45) is -0.533. The van der Waals surface area contributed by atoms with Crippen LogP contribution in [0.5, 0.6) is 0 Å². The zero-order chi connectivity index (χ0) is 16.9. The van der Waals surface area contributed by atoms with E-state index in [1.165, 1.54) is 0 Å². The predicted octanol–water partition coefficient (Wildman–Crippen LogP) is 1.15. The third-order valence-electron chi connectivity index (χ3n) is 3.79. The Morgan fingerprint density at radius 3 is 2.61 bits per heavy atom. The number of carbonyl (C=O) groups is 2. The highest BCUT2D eigenvalue weighted by Crippen LogP contribution is 2.24. The smallest absolute Gasteiger partial charge is 0.262 e. The molecule has 1 heterocycles. The number of nitrogens with zero attached hydrogens (tertiary/aromatic N) is 1. The lowest BCUT2D eigenvalue weighted by atomic mass is 10.2. The van der Waals surface area contributed by atoms with Crippen molar-refractivity contribution in [3.05, 3.63) is 35.9 Å². The Labute approximate surface area is 134 Å². The Morgan fingerprint density at radius 1 is 1.35 bits per heavy atom. The van der Waals surface area contributed by atoms with Gasteiger partial charge >= 0.3 is 0 Å². The zero-order valence-corrected chi connectivity index (χ0v) is 13.0. The molecule has 0 spiro atoms. The second kappa shape index (κ2) is 7.50. The zero-order valence-electron chi connectivity index (χ0n) is 13.0. The van der Waals surface area contributed by atoms with Crippen LogP contribution in [0, 0.1) is 0 Å². The molecule has 1 unspecified atom stereocenters. The fourth-order valence-corrected chi connectivity index (χ4v) is 2.48. The first-order chi connectivity index (χ1) is 10.9. The maximum absolute atomic E-state index is 13.1. The molecule has 1 atom stereocenters. The van der Waals surface area contributed by atoms with Crippen molar-refractivity contribution in [1.82, 2.24) is 15.5 Å². The molecule has 0 aromatic heterocycles. The second-order valence-electron chi connectivity index (χ2n) is 5.60. The molecule has 126 valence electrons. The molecule has 0 radical (unpaired) electrons. The minimum atomic E-state index is -2.87. The average molecular weight is 325 g/mol. The third kappa shape index (κ3) is 4.99. The van der Waals surface area contributed by atoms with E-state index in [2.05, 4.69) is 10.6 Å². The van der Waals surface area contributed by atoms with Gasteiger partial charge in [-0.15, -0.1) is 0 Å². The Morgan fingerprint density at radius 2 is 2.04 bits per heavy atom. The van der Waals surface area contributed by atoms with Crippen LogP contribution in [0.3, 0.4) is 0 Å². The minimum absolute atomic E-state index is 0.191. The van der Waals surface area contributed by atoms with Crippen molar-refractivity contribution < 1.29 is 18.4 Å². The highest BCUT2D eigenvalue weighted by Gasteiger charge is 2.42. The quantitative estimate of drug-likeness (QED) is 0.825. The Kier molecular flexibility index (Phi) is 5.65. The van der Waals surface area contributed by atoms with E-state index in [-0.39, 0.29) is 12.5 Å². The van der Waals surface area contributed by atoms with Crippen molar-refractivity contribution in [2.24, 2.45) is 0 Å². The van der Waals surface area contributed by atoms with Gasteiger partial charge in [0.2, 0.25) is 11.8 Å². The number of alkyl halides is 2. The molecule has 2 N–H and O–H groups in total. The van der Waals surface area contributed by atoms with Crippen molar-refractivity contribution in [2.45, 2.75) is 31.9 Å². The molecule has 0 aliphatic carbocycles. The molecule has 1 aliphatic heterocycles. The summed E-state index contributed by atoms with van der Waals surface area (Å²) in [6.45, 7) is 2.11. The highest BCUT2D eigenvalue weighted by molar-refractivity contribution is 5.87. The van der Waals surface area contributed by atoms with E-state index in [9.17, 15) is 18.4 Å². The summed E-state index contributed by atoms with van der Waals surface area (Å²) in [5.41, 5.74) is 0.992. The topological polar surface area (TPSA) is 61.4 Å². The number of likely N-dealkylation sites (N-methyl/N-ethyl adjacent to an activating group) is 1. The van der Waals surface area contributed by atoms with E-state index in [1.54, 1.807) is 4.90 Å². The lowest BCUT2D eigenvalue weighted by Crippen LogP contribution is -2.45. The average Bonchev–Trinajstić information content (AvgIpc) is 2.91. The van der Waals surface area contributed by atoms with Gasteiger partial charge in [0, 0.05) is 19.5 Å². The van der Waals surface area contributed by atoms with Crippen LogP contribution in [0.4, 0.5) is 8.78 Å². The highest BCUT2D eigenvalue weighted by atomic mass is 19.3. The van der Waals surface area contributed by atoms with Crippen LogP contribution in [0.25, 0.3) is 0 Å². The van der Waals surface area contributed by atoms with Gasteiger partial charge in [-0.3, -0.25) is 14.9 Å². The van der Waals surface area contributed by atoms with E-state index in [4.69, 9.17) is 0 Å². The first-order valence-corrected chi connectivity index (χ1v) is 7.62. The van der Waals surface area contributed by atoms with E-state index in [1.807, 2.05) is 37.3 Å². The van der Waals surface area contributed by atoms with Gasteiger partial charge in [0.05, 0.1) is 19.1 Å². The Balaban J connectivity index is 1.82. The van der Waals surface area contributed by atoms with Crippen LogP contribution in [0.1, 0.15) is 18.9 Å². The summed E-state index contributed by atoms with van der Waals surface area (Å²) in [5, 5.41) is 4.90. The molecule has 5 nitrogen and oxygen atoms in total. The fraction of sp³-hybridized carbons (Fsp3) is 0.500. The number of hydrogen-bond acceptors (Lipinski definition) is 3. The van der Waals surface area contributed by atoms with Gasteiger partial charge in [-0.2, -0.15) is 0 Å². The molecule has 0 saturated carbocycles. The van der Waals surface area contributed by atoms with E-state index in [0.29, 0.717) is 13.1 Å². The third-order valence-corrected chi connectivity index (χ3v) is 3.79. The van der Waals surface area contributed by atoms with Crippen molar-refractivity contribution in [2.75, 3.05) is 19.6 Å². The summed E-state index contributed by atoms with van der Waals surface area (Å²) in [4.78, 5) is 25.6. The molecule has 2 rings (SSSR count). The van der Waals surface area contributed by atoms with Gasteiger partial charge in [0.25, 0.3) is 5.92 Å². The fourth-order valence-electron chi connectivity index (χ4n) is 2.48. The summed E-state index contributed by atoms with van der Waals surface area (Å²) in [6, 6.07) is 8.56. The van der Waals surface area contributed by atoms with Gasteiger partial charge in [-0.25, -0.2) is 8.78 Å². The molecular weight excluding hydrogens is 304 g/mol. The summed E-state index contributed by atoms with van der Waals surface area (Å²) >= 11 is 0. The van der Waals surface area contributed by atoms with Gasteiger partial charge in [0.15, 0.2) is 0 Å². The molecule has 1 fully saturated rings. The van der Waals surface area contributed by atoms with Crippen molar-refractivity contribution in [3.8, 4) is 0 Å². The van der Waals surface area contributed by atoms with Gasteiger partial charge in [-0.05, 0) is 12.5 Å². The van der Waals surface area contributed by atoms with Crippen LogP contribution in [-0.4, -0.2) is 48.3 Å². The number of halogens is 2. The molecule has 23 heavy (non-hydrogen) atoms. The monoisotopic (exact) mass is 325 g/mol. The van der Waals surface area contributed by atoms with Crippen molar-refractivity contribution >= 4 is 11.8 Å². The summed E-state index contributed by atoms with van der Waals surface area (Å²) in [7, 11) is 0. The largest absolute Gasteiger partial charge is 0.346 e. The summed E-state index contributed by atoms with van der Waals surface area (Å²) in [5.74, 6) is -3.67. The molecule has 1 aromatic carbocycles. The van der Waals surface area contributed by atoms with Crippen LogP contribution < -0.4 is 10.6 Å². The molecule has 0 bridgehead atoms. The second-order valence-corrected chi connectivity index (χ2v) is 5.60. The van der Waals surface area contributed by atoms with Crippen molar-refractivity contribution in [3.63, 3.8) is 0 Å². The molecule has 1 aliphatic rings. The number of nitrogens with one attached hydrogen (secondary N) is 2. The maximum atomic E-state index is 13.1. The molecule has 7 heteroatoms. The van der Waals surface area contributed by atoms with Gasteiger partial charge in [0.1, 0.15) is 0 Å². The molecule has 1 saturated heterocycles. The van der Waals surface area contributed by atoms with Crippen LogP contribution in [-0.2, 0) is 16.1 Å². The SMILES string of the molecule is CCN(Cc1ccccc1)C(=O)CNC(=O)C1CC(F)(F)CN1. The number of amides is 2. The number of benzene rings is 1. The number of hydrogen-bond donors (Lipinski definition) is 2. The van der Waals surface area contributed by atoms with Crippen LogP contribution >= 0.6 is 0 Å². The van der Waals surface area contributed by atoms with Crippen LogP contribution in [0.2, 0.25) is 0 Å². The van der Waals surface area contributed by atoms with Gasteiger partial charge in [-0.1, -0.05) is 30.3 Å².